The van der Waals surface area contributed by atoms with Gasteiger partial charge in [-0.05, 0) is 30.3 Å². The van der Waals surface area contributed by atoms with Crippen LogP contribution in [0.5, 0.6) is 0 Å². The Morgan fingerprint density at radius 1 is 0.926 bits per heavy atom. The Kier molecular flexibility index (Phi) is 11.7. The summed E-state index contributed by atoms with van der Waals surface area (Å²) in [5.41, 5.74) is 5.29. The number of carboxylic acids is 1. The lowest BCUT2D eigenvalue weighted by molar-refractivity contribution is -0.143. The van der Waals surface area contributed by atoms with Gasteiger partial charge in [-0.3, -0.25) is 14.4 Å². The van der Waals surface area contributed by atoms with Crippen LogP contribution in [0, 0.1) is 11.8 Å². The Labute approximate surface area is 164 Å². The average molecular weight is 405 g/mol. The molecule has 0 rings (SSSR count). The number of aliphatic carboxylic acids is 1. The first-order chi connectivity index (χ1) is 12.5. The first kappa shape index (κ1) is 25.2. The van der Waals surface area contributed by atoms with Crippen molar-refractivity contribution in [3.8, 4) is 0 Å². The lowest BCUT2D eigenvalue weighted by atomic mass is 9.99. The van der Waals surface area contributed by atoms with Crippen molar-refractivity contribution in [3.05, 3.63) is 0 Å². The molecule has 0 saturated carbocycles. The van der Waals surface area contributed by atoms with E-state index in [1.54, 1.807) is 27.7 Å². The van der Waals surface area contributed by atoms with Crippen LogP contribution in [0.3, 0.4) is 0 Å². The summed E-state index contributed by atoms with van der Waals surface area (Å²) < 4.78 is 0. The van der Waals surface area contributed by atoms with Gasteiger partial charge in [0.25, 0.3) is 0 Å². The van der Waals surface area contributed by atoms with Crippen LogP contribution in [0.15, 0.2) is 0 Å². The molecule has 0 aliphatic rings. The van der Waals surface area contributed by atoms with Crippen molar-refractivity contribution in [2.75, 3.05) is 18.6 Å². The molecule has 3 amide bonds. The molecular weight excluding hydrogens is 372 g/mol. The third-order valence-electron chi connectivity index (χ3n) is 3.93. The number of nitrogens with two attached hydrogens (primary N) is 1. The van der Waals surface area contributed by atoms with Gasteiger partial charge in [0.05, 0.1) is 6.54 Å². The summed E-state index contributed by atoms with van der Waals surface area (Å²) in [7, 11) is 0. The van der Waals surface area contributed by atoms with Crippen molar-refractivity contribution in [2.24, 2.45) is 17.6 Å². The van der Waals surface area contributed by atoms with Crippen molar-refractivity contribution in [1.29, 1.82) is 0 Å². The van der Waals surface area contributed by atoms with E-state index in [4.69, 9.17) is 5.73 Å². The number of hydrogen-bond donors (Lipinski definition) is 5. The molecule has 156 valence electrons. The zero-order chi connectivity index (χ0) is 21.1. The van der Waals surface area contributed by atoms with Gasteiger partial charge in [-0.25, -0.2) is 4.79 Å². The Morgan fingerprint density at radius 2 is 1.44 bits per heavy atom. The maximum Gasteiger partial charge on any atom is 0.326 e. The lowest BCUT2D eigenvalue weighted by Crippen LogP contribution is -2.58. The van der Waals surface area contributed by atoms with Crippen LogP contribution in [0.1, 0.15) is 34.1 Å². The number of hydrogen-bond acceptors (Lipinski definition) is 6. The quantitative estimate of drug-likeness (QED) is 0.295. The molecular formula is C17H32N4O5S. The molecule has 0 heterocycles. The SMILES string of the molecule is CSCC[C@H](NC(=O)CN)C(=O)N[C@H](C(=O)N[C@H](C(=O)O)C(C)C)C(C)C. The maximum absolute atomic E-state index is 12.6. The van der Waals surface area contributed by atoms with Gasteiger partial charge in [0, 0.05) is 0 Å². The van der Waals surface area contributed by atoms with E-state index in [1.807, 2.05) is 6.26 Å². The fraction of sp³-hybridized carbons (Fsp3) is 0.765. The smallest absolute Gasteiger partial charge is 0.326 e. The van der Waals surface area contributed by atoms with Crippen LogP contribution in [0.4, 0.5) is 0 Å². The molecule has 0 spiro atoms. The van der Waals surface area contributed by atoms with Gasteiger partial charge < -0.3 is 26.8 Å². The molecule has 0 bridgehead atoms. The molecule has 0 fully saturated rings. The predicted molar refractivity (Wildman–Crippen MR) is 105 cm³/mol. The summed E-state index contributed by atoms with van der Waals surface area (Å²) in [5.74, 6) is -2.64. The minimum atomic E-state index is -1.14. The maximum atomic E-state index is 12.6. The third-order valence-corrected chi connectivity index (χ3v) is 4.57. The first-order valence-corrected chi connectivity index (χ1v) is 10.3. The first-order valence-electron chi connectivity index (χ1n) is 8.87. The molecule has 27 heavy (non-hydrogen) atoms. The predicted octanol–water partition coefficient (Wildman–Crippen LogP) is -0.451. The number of carboxylic acid groups (broad SMARTS) is 1. The number of nitrogens with one attached hydrogen (secondary N) is 3. The number of carbonyl (C=O) groups excluding carboxylic acids is 3. The minimum Gasteiger partial charge on any atom is -0.480 e. The molecule has 0 aromatic carbocycles. The van der Waals surface area contributed by atoms with Crippen molar-refractivity contribution in [1.82, 2.24) is 16.0 Å². The highest BCUT2D eigenvalue weighted by molar-refractivity contribution is 7.98. The van der Waals surface area contributed by atoms with Crippen LogP contribution < -0.4 is 21.7 Å². The molecule has 6 N–H and O–H groups in total. The summed E-state index contributed by atoms with van der Waals surface area (Å²) in [6.45, 7) is 6.60. The third kappa shape index (κ3) is 9.09. The van der Waals surface area contributed by atoms with E-state index >= 15 is 0 Å². The van der Waals surface area contributed by atoms with Crippen molar-refractivity contribution in [3.63, 3.8) is 0 Å². The van der Waals surface area contributed by atoms with E-state index in [-0.39, 0.29) is 18.4 Å². The molecule has 0 radical (unpaired) electrons. The number of rotatable bonds is 12. The Morgan fingerprint density at radius 3 is 1.85 bits per heavy atom. The van der Waals surface area contributed by atoms with E-state index in [9.17, 15) is 24.3 Å². The van der Waals surface area contributed by atoms with Gasteiger partial charge in [-0.1, -0.05) is 27.7 Å². The molecule has 0 aromatic heterocycles. The molecule has 9 nitrogen and oxygen atoms in total. The van der Waals surface area contributed by atoms with Crippen LogP contribution in [0.2, 0.25) is 0 Å². The van der Waals surface area contributed by atoms with Crippen LogP contribution >= 0.6 is 11.8 Å². The molecule has 0 unspecified atom stereocenters. The fourth-order valence-electron chi connectivity index (χ4n) is 2.30. The van der Waals surface area contributed by atoms with Gasteiger partial charge in [-0.2, -0.15) is 11.8 Å². The zero-order valence-electron chi connectivity index (χ0n) is 16.6. The van der Waals surface area contributed by atoms with Crippen LogP contribution in [-0.2, 0) is 19.2 Å². The second kappa shape index (κ2) is 12.6. The van der Waals surface area contributed by atoms with Crippen LogP contribution in [0.25, 0.3) is 0 Å². The number of carbonyl (C=O) groups is 4. The Bertz CT molecular complexity index is 527. The summed E-state index contributed by atoms with van der Waals surface area (Å²) in [5, 5.41) is 16.9. The highest BCUT2D eigenvalue weighted by atomic mass is 32.2. The summed E-state index contributed by atoms with van der Waals surface area (Å²) in [6.07, 6.45) is 2.26. The van der Waals surface area contributed by atoms with Gasteiger partial charge in [0.15, 0.2) is 0 Å². The largest absolute Gasteiger partial charge is 0.480 e. The van der Waals surface area contributed by atoms with E-state index < -0.39 is 41.8 Å². The monoisotopic (exact) mass is 404 g/mol. The summed E-state index contributed by atoms with van der Waals surface area (Å²) >= 11 is 1.52. The highest BCUT2D eigenvalue weighted by Crippen LogP contribution is 2.08. The second-order valence-electron chi connectivity index (χ2n) is 6.90. The van der Waals surface area contributed by atoms with E-state index in [0.29, 0.717) is 12.2 Å². The summed E-state index contributed by atoms with van der Waals surface area (Å²) in [6, 6.07) is -2.80. The summed E-state index contributed by atoms with van der Waals surface area (Å²) in [4.78, 5) is 48.0. The van der Waals surface area contributed by atoms with Crippen molar-refractivity contribution < 1.29 is 24.3 Å². The molecule has 0 saturated heterocycles. The standard InChI is InChI=1S/C17H32N4O5S/c1-9(2)13(16(24)21-14(10(3)4)17(25)26)20-15(23)11(6-7-27-5)19-12(22)8-18/h9-11,13-14H,6-8,18H2,1-5H3,(H,19,22)(H,20,23)(H,21,24)(H,25,26)/t11-,13-,14-/m0/s1. The topological polar surface area (TPSA) is 151 Å². The molecule has 0 aliphatic carbocycles. The van der Waals surface area contributed by atoms with E-state index in [2.05, 4.69) is 16.0 Å². The van der Waals surface area contributed by atoms with Crippen molar-refractivity contribution in [2.45, 2.75) is 52.2 Å². The number of amides is 3. The average Bonchev–Trinajstić information content (AvgIpc) is 2.59. The van der Waals surface area contributed by atoms with Gasteiger partial charge in [0.1, 0.15) is 18.1 Å². The molecule has 0 aliphatic heterocycles. The number of thioether (sulfide) groups is 1. The second-order valence-corrected chi connectivity index (χ2v) is 7.89. The molecule has 0 aromatic rings. The van der Waals surface area contributed by atoms with Gasteiger partial charge in [-0.15, -0.1) is 0 Å². The van der Waals surface area contributed by atoms with Crippen LogP contribution in [-0.4, -0.2) is 65.5 Å². The molecule has 3 atom stereocenters. The molecule has 10 heteroatoms. The van der Waals surface area contributed by atoms with Gasteiger partial charge >= 0.3 is 5.97 Å². The van der Waals surface area contributed by atoms with Crippen molar-refractivity contribution >= 4 is 35.5 Å². The van der Waals surface area contributed by atoms with Gasteiger partial charge in [0.2, 0.25) is 17.7 Å². The Hall–Kier alpha value is -1.81. The fourth-order valence-corrected chi connectivity index (χ4v) is 2.77. The lowest BCUT2D eigenvalue weighted by Gasteiger charge is -2.27. The normalized spacial score (nSPS) is 14.4. The highest BCUT2D eigenvalue weighted by Gasteiger charge is 2.32. The minimum absolute atomic E-state index is 0.244. The van der Waals surface area contributed by atoms with E-state index in [1.165, 1.54) is 11.8 Å². The Balaban J connectivity index is 5.22. The van der Waals surface area contributed by atoms with E-state index in [0.717, 1.165) is 0 Å². The zero-order valence-corrected chi connectivity index (χ0v) is 17.4.